The number of carbonyl (C=O) groups excluding carboxylic acids is 6. The lowest BCUT2D eigenvalue weighted by molar-refractivity contribution is -0.162. The highest BCUT2D eigenvalue weighted by Gasteiger charge is 2.51. The van der Waals surface area contributed by atoms with Gasteiger partial charge in [-0.15, -0.1) is 0 Å². The number of rotatable bonds is 17. The van der Waals surface area contributed by atoms with Gasteiger partial charge < -0.3 is 36.3 Å². The summed E-state index contributed by atoms with van der Waals surface area (Å²) in [4.78, 5) is 86.6. The van der Waals surface area contributed by atoms with Gasteiger partial charge in [0.15, 0.2) is 5.78 Å². The first-order valence-corrected chi connectivity index (χ1v) is 16.5. The number of hydrogen-bond acceptors (Lipinski definition) is 9. The number of esters is 2. The summed E-state index contributed by atoms with van der Waals surface area (Å²) in [6.45, 7) is 10.5. The molecule has 1 aromatic rings. The molecule has 14 heteroatoms. The van der Waals surface area contributed by atoms with Crippen LogP contribution in [0.3, 0.4) is 0 Å². The number of hydrogen-bond donors (Lipinski definition) is 5. The number of anilines is 1. The minimum absolute atomic E-state index is 0.0969. The first kappa shape index (κ1) is 41.2. The fraction of sp³-hybridized carbons (Fsp3) is 0.528. The van der Waals surface area contributed by atoms with Crippen LogP contribution in [-0.4, -0.2) is 70.9 Å². The van der Waals surface area contributed by atoms with Crippen molar-refractivity contribution < 1.29 is 48.1 Å². The van der Waals surface area contributed by atoms with E-state index in [1.54, 1.807) is 59.7 Å². The number of nitrogens with two attached hydrogens (primary N) is 1. The third kappa shape index (κ3) is 14.2. The summed E-state index contributed by atoms with van der Waals surface area (Å²) in [6, 6.07) is 4.20. The second-order valence-corrected chi connectivity index (χ2v) is 14.2. The molecule has 0 aromatic heterocycles. The number of carbonyl (C=O) groups is 7. The fourth-order valence-electron chi connectivity index (χ4n) is 5.03. The molecule has 14 nitrogen and oxygen atoms in total. The van der Waals surface area contributed by atoms with Gasteiger partial charge in [-0.3, -0.25) is 19.2 Å². The van der Waals surface area contributed by atoms with Crippen LogP contribution < -0.4 is 21.7 Å². The lowest BCUT2D eigenvalue weighted by Gasteiger charge is -2.36. The highest BCUT2D eigenvalue weighted by molar-refractivity contribution is 6.05. The molecule has 2 rings (SSSR count). The summed E-state index contributed by atoms with van der Waals surface area (Å²) in [5.74, 6) is -4.76. The molecule has 0 spiro atoms. The largest absolute Gasteiger partial charge is 0.480 e. The molecular formula is C36H50N4O10. The average Bonchev–Trinajstić information content (AvgIpc) is 2.94. The Balaban J connectivity index is 2.15. The number of primary amides is 1. The average molecular weight is 699 g/mol. The predicted octanol–water partition coefficient (Wildman–Crippen LogP) is 4.12. The van der Waals surface area contributed by atoms with Gasteiger partial charge >= 0.3 is 23.9 Å². The van der Waals surface area contributed by atoms with Gasteiger partial charge in [0.05, 0.1) is 0 Å². The van der Waals surface area contributed by atoms with Crippen LogP contribution in [0.2, 0.25) is 0 Å². The molecule has 1 aliphatic rings. The third-order valence-electron chi connectivity index (χ3n) is 7.61. The van der Waals surface area contributed by atoms with Crippen LogP contribution in [0.15, 0.2) is 30.4 Å². The minimum atomic E-state index is -1.49. The number of carboxylic acid groups (broad SMARTS) is 1. The molecule has 0 saturated heterocycles. The van der Waals surface area contributed by atoms with Crippen molar-refractivity contribution in [3.8, 4) is 0 Å². The van der Waals surface area contributed by atoms with E-state index in [1.807, 2.05) is 0 Å². The lowest BCUT2D eigenvalue weighted by atomic mass is 9.64. The van der Waals surface area contributed by atoms with Crippen LogP contribution in [0.4, 0.5) is 10.5 Å². The van der Waals surface area contributed by atoms with Crippen LogP contribution >= 0.6 is 0 Å². The molecule has 0 bridgehead atoms. The molecule has 4 amide bonds. The smallest absolute Gasteiger partial charge is 0.331 e. The number of nitrogens with one attached hydrogen (secondary N) is 3. The van der Waals surface area contributed by atoms with Crippen LogP contribution in [0.1, 0.15) is 97.6 Å². The van der Waals surface area contributed by atoms with Crippen molar-refractivity contribution in [1.29, 1.82) is 0 Å². The zero-order valence-electron chi connectivity index (χ0n) is 29.7. The Kier molecular flexibility index (Phi) is 14.9. The maximum Gasteiger partial charge on any atom is 0.331 e. The molecule has 1 atom stereocenters. The normalized spacial score (nSPS) is 14.7. The molecule has 274 valence electrons. The number of ketones is 1. The van der Waals surface area contributed by atoms with Crippen molar-refractivity contribution in [2.75, 3.05) is 18.4 Å². The maximum absolute atomic E-state index is 13.2. The summed E-state index contributed by atoms with van der Waals surface area (Å²) in [5.41, 5.74) is 3.56. The van der Waals surface area contributed by atoms with Gasteiger partial charge in [0.25, 0.3) is 0 Å². The van der Waals surface area contributed by atoms with E-state index in [1.165, 1.54) is 24.3 Å². The topological polar surface area (TPSA) is 220 Å². The number of benzene rings is 1. The Hall–Kier alpha value is -5.01. The van der Waals surface area contributed by atoms with Crippen molar-refractivity contribution in [1.82, 2.24) is 10.6 Å². The fourth-order valence-corrected chi connectivity index (χ4v) is 5.03. The Morgan fingerprint density at radius 1 is 0.900 bits per heavy atom. The second kappa shape index (κ2) is 18.1. The van der Waals surface area contributed by atoms with E-state index < -0.39 is 64.1 Å². The standard InChI is InChI=1S/C36H50N4O10/c1-34(2,3)49-29(43)14-11-23-10-12-24(13-15-30(44)50-35(4,5)6)26(21-23)40-28(42)16-20-38-31(45)25(9-7-19-39-33(37)48)22-27(41)36(32(46)47)17-8-18-36/h10-15,21,25H,7-9,16-20,22H2,1-6H3,(H,38,45)(H,40,42)(H,46,47)(H3,37,39,48)/b14-11+,15-13+/t25-/m1/s1. The van der Waals surface area contributed by atoms with Crippen molar-refractivity contribution in [3.63, 3.8) is 0 Å². The van der Waals surface area contributed by atoms with Crippen LogP contribution in [0, 0.1) is 11.3 Å². The summed E-state index contributed by atoms with van der Waals surface area (Å²) in [5, 5.41) is 17.5. The molecule has 0 unspecified atom stereocenters. The Morgan fingerprint density at radius 2 is 1.50 bits per heavy atom. The molecule has 1 aromatic carbocycles. The van der Waals surface area contributed by atoms with E-state index >= 15 is 0 Å². The minimum Gasteiger partial charge on any atom is -0.480 e. The Labute approximate surface area is 292 Å². The van der Waals surface area contributed by atoms with E-state index in [2.05, 4.69) is 16.0 Å². The van der Waals surface area contributed by atoms with Crippen LogP contribution in [0.25, 0.3) is 12.2 Å². The van der Waals surface area contributed by atoms with Gasteiger partial charge in [0.1, 0.15) is 16.6 Å². The zero-order chi connectivity index (χ0) is 37.7. The number of Topliss-reactive ketones (excluding diaryl/α,β-unsaturated/α-hetero) is 1. The van der Waals surface area contributed by atoms with E-state index in [4.69, 9.17) is 15.2 Å². The summed E-state index contributed by atoms with van der Waals surface area (Å²) < 4.78 is 10.6. The highest BCUT2D eigenvalue weighted by Crippen LogP contribution is 2.43. The van der Waals surface area contributed by atoms with Crippen molar-refractivity contribution in [2.45, 2.75) is 97.7 Å². The number of urea groups is 1. The molecule has 1 aliphatic carbocycles. The Bertz CT molecular complexity index is 1500. The van der Waals surface area contributed by atoms with Gasteiger partial charge in [-0.1, -0.05) is 18.6 Å². The summed E-state index contributed by atoms with van der Waals surface area (Å²) in [7, 11) is 0. The maximum atomic E-state index is 13.2. The van der Waals surface area contributed by atoms with Gasteiger partial charge in [-0.2, -0.15) is 0 Å². The highest BCUT2D eigenvalue weighted by atomic mass is 16.6. The van der Waals surface area contributed by atoms with E-state index in [-0.39, 0.29) is 45.2 Å². The monoisotopic (exact) mass is 698 g/mol. The number of amides is 4. The van der Waals surface area contributed by atoms with Crippen molar-refractivity contribution >= 4 is 59.4 Å². The van der Waals surface area contributed by atoms with E-state index in [0.29, 0.717) is 29.7 Å². The van der Waals surface area contributed by atoms with Gasteiger partial charge in [0.2, 0.25) is 11.8 Å². The van der Waals surface area contributed by atoms with Gasteiger partial charge in [-0.05, 0) is 96.6 Å². The van der Waals surface area contributed by atoms with Crippen LogP contribution in [0.5, 0.6) is 0 Å². The van der Waals surface area contributed by atoms with Gasteiger partial charge in [0, 0.05) is 49.7 Å². The van der Waals surface area contributed by atoms with Gasteiger partial charge in [-0.25, -0.2) is 14.4 Å². The number of ether oxygens (including phenoxy) is 2. The first-order valence-electron chi connectivity index (χ1n) is 16.5. The number of aliphatic carboxylic acids is 1. The quantitative estimate of drug-likeness (QED) is 0.0678. The molecule has 1 saturated carbocycles. The first-order chi connectivity index (χ1) is 23.2. The SMILES string of the molecule is CC(C)(C)OC(=O)/C=C/c1ccc(/C=C/C(=O)OC(C)(C)C)c(NC(=O)CCNC(=O)[C@H](CCCNC(N)=O)CC(=O)C2(C(=O)O)CCC2)c1. The number of carboxylic acids is 1. The van der Waals surface area contributed by atoms with Crippen molar-refractivity contribution in [3.05, 3.63) is 41.5 Å². The van der Waals surface area contributed by atoms with Crippen molar-refractivity contribution in [2.24, 2.45) is 17.1 Å². The second-order valence-electron chi connectivity index (χ2n) is 14.2. The summed E-state index contributed by atoms with van der Waals surface area (Å²) >= 11 is 0. The Morgan fingerprint density at radius 3 is 2.02 bits per heavy atom. The molecule has 6 N–H and O–H groups in total. The third-order valence-corrected chi connectivity index (χ3v) is 7.61. The lowest BCUT2D eigenvalue weighted by Crippen LogP contribution is -2.47. The van der Waals surface area contributed by atoms with Crippen LogP contribution in [-0.2, 0) is 38.2 Å². The molecule has 0 heterocycles. The zero-order valence-corrected chi connectivity index (χ0v) is 29.7. The summed E-state index contributed by atoms with van der Waals surface area (Å²) in [6.07, 6.45) is 6.55. The molecule has 0 radical (unpaired) electrons. The molecular weight excluding hydrogens is 648 g/mol. The molecule has 1 fully saturated rings. The van der Waals surface area contributed by atoms with E-state index in [9.17, 15) is 38.7 Å². The predicted molar refractivity (Wildman–Crippen MR) is 186 cm³/mol. The molecule has 50 heavy (non-hydrogen) atoms. The van der Waals surface area contributed by atoms with E-state index in [0.717, 1.165) is 0 Å². The molecule has 0 aliphatic heterocycles.